The molecule has 0 spiro atoms. The van der Waals surface area contributed by atoms with Gasteiger partial charge < -0.3 is 10.6 Å². The Bertz CT molecular complexity index is 900. The van der Waals surface area contributed by atoms with Gasteiger partial charge in [0.1, 0.15) is 6.04 Å². The van der Waals surface area contributed by atoms with Gasteiger partial charge in [-0.25, -0.2) is 0 Å². The Labute approximate surface area is 165 Å². The minimum Gasteiger partial charge on any atom is -0.344 e. The number of aryl methyl sites for hydroxylation is 1. The fraction of sp³-hybridized carbons (Fsp3) is 0.167. The predicted octanol–water partition coefficient (Wildman–Crippen LogP) is 4.27. The van der Waals surface area contributed by atoms with E-state index in [0.29, 0.717) is 0 Å². The molecule has 0 heterocycles. The van der Waals surface area contributed by atoms with E-state index in [2.05, 4.69) is 10.6 Å². The fourth-order valence-corrected chi connectivity index (χ4v) is 3.10. The molecule has 0 aliphatic carbocycles. The standard InChI is InChI=1S/C24H24N2O2/c1-17-11-9-10-16-21(17)26-23(27)18(2)25-24(28)22(19-12-5-3-6-13-19)20-14-7-4-8-15-20/h3-16,18,22H,1-2H3,(H,25,28)(H,26,27). The largest absolute Gasteiger partial charge is 0.344 e. The number of para-hydroxylation sites is 1. The van der Waals surface area contributed by atoms with Crippen molar-refractivity contribution in [3.63, 3.8) is 0 Å². The number of anilines is 1. The Morgan fingerprint density at radius 2 is 1.21 bits per heavy atom. The van der Waals surface area contributed by atoms with E-state index in [1.54, 1.807) is 6.92 Å². The van der Waals surface area contributed by atoms with Crippen molar-refractivity contribution < 1.29 is 9.59 Å². The Morgan fingerprint density at radius 3 is 1.75 bits per heavy atom. The molecular formula is C24H24N2O2. The highest BCUT2D eigenvalue weighted by Crippen LogP contribution is 2.25. The summed E-state index contributed by atoms with van der Waals surface area (Å²) in [6.07, 6.45) is 0. The van der Waals surface area contributed by atoms with Gasteiger partial charge in [-0.2, -0.15) is 0 Å². The van der Waals surface area contributed by atoms with E-state index in [1.807, 2.05) is 91.9 Å². The maximum atomic E-state index is 13.1. The molecular weight excluding hydrogens is 348 g/mol. The van der Waals surface area contributed by atoms with Crippen LogP contribution >= 0.6 is 0 Å². The quantitative estimate of drug-likeness (QED) is 0.679. The van der Waals surface area contributed by atoms with Crippen LogP contribution < -0.4 is 10.6 Å². The van der Waals surface area contributed by atoms with Crippen LogP contribution in [-0.4, -0.2) is 17.9 Å². The molecule has 0 fully saturated rings. The van der Waals surface area contributed by atoms with Crippen molar-refractivity contribution in [3.05, 3.63) is 102 Å². The van der Waals surface area contributed by atoms with Crippen molar-refractivity contribution in [2.75, 3.05) is 5.32 Å². The van der Waals surface area contributed by atoms with Crippen LogP contribution in [0.4, 0.5) is 5.69 Å². The van der Waals surface area contributed by atoms with Gasteiger partial charge in [-0.3, -0.25) is 9.59 Å². The highest BCUT2D eigenvalue weighted by Gasteiger charge is 2.25. The second-order valence-electron chi connectivity index (χ2n) is 6.79. The molecule has 0 radical (unpaired) electrons. The molecule has 3 rings (SSSR count). The van der Waals surface area contributed by atoms with Gasteiger partial charge in [0.25, 0.3) is 0 Å². The third kappa shape index (κ3) is 4.65. The second-order valence-corrected chi connectivity index (χ2v) is 6.79. The van der Waals surface area contributed by atoms with E-state index in [-0.39, 0.29) is 11.8 Å². The molecule has 142 valence electrons. The van der Waals surface area contributed by atoms with Crippen LogP contribution in [-0.2, 0) is 9.59 Å². The van der Waals surface area contributed by atoms with Crippen LogP contribution in [0, 0.1) is 6.92 Å². The smallest absolute Gasteiger partial charge is 0.246 e. The number of benzene rings is 3. The second kappa shape index (κ2) is 9.00. The van der Waals surface area contributed by atoms with Crippen molar-refractivity contribution in [1.29, 1.82) is 0 Å². The van der Waals surface area contributed by atoms with Crippen molar-refractivity contribution in [3.8, 4) is 0 Å². The Balaban J connectivity index is 1.76. The summed E-state index contributed by atoms with van der Waals surface area (Å²) in [6, 6.07) is 26.1. The molecule has 0 saturated heterocycles. The first-order valence-corrected chi connectivity index (χ1v) is 9.33. The van der Waals surface area contributed by atoms with Gasteiger partial charge in [-0.15, -0.1) is 0 Å². The molecule has 2 amide bonds. The van der Waals surface area contributed by atoms with E-state index < -0.39 is 12.0 Å². The number of hydrogen-bond donors (Lipinski definition) is 2. The third-order valence-electron chi connectivity index (χ3n) is 4.68. The number of carbonyl (C=O) groups excluding carboxylic acids is 2. The SMILES string of the molecule is Cc1ccccc1NC(=O)C(C)NC(=O)C(c1ccccc1)c1ccccc1. The molecule has 4 nitrogen and oxygen atoms in total. The van der Waals surface area contributed by atoms with E-state index in [4.69, 9.17) is 0 Å². The molecule has 3 aromatic rings. The van der Waals surface area contributed by atoms with Crippen LogP contribution in [0.15, 0.2) is 84.9 Å². The summed E-state index contributed by atoms with van der Waals surface area (Å²) < 4.78 is 0. The lowest BCUT2D eigenvalue weighted by Gasteiger charge is -2.21. The van der Waals surface area contributed by atoms with Crippen molar-refractivity contribution >= 4 is 17.5 Å². The lowest BCUT2D eigenvalue weighted by atomic mass is 9.90. The van der Waals surface area contributed by atoms with Crippen LogP contribution in [0.1, 0.15) is 29.5 Å². The zero-order valence-corrected chi connectivity index (χ0v) is 16.1. The summed E-state index contributed by atoms with van der Waals surface area (Å²) >= 11 is 0. The zero-order chi connectivity index (χ0) is 19.9. The topological polar surface area (TPSA) is 58.2 Å². The van der Waals surface area contributed by atoms with E-state index >= 15 is 0 Å². The Hall–Kier alpha value is -3.40. The minimum absolute atomic E-state index is 0.204. The lowest BCUT2D eigenvalue weighted by molar-refractivity contribution is -0.126. The van der Waals surface area contributed by atoms with Gasteiger partial charge in [0.05, 0.1) is 5.92 Å². The molecule has 1 atom stereocenters. The summed E-state index contributed by atoms with van der Waals surface area (Å²) in [4.78, 5) is 25.7. The van der Waals surface area contributed by atoms with Gasteiger partial charge in [0, 0.05) is 5.69 Å². The maximum absolute atomic E-state index is 13.1. The predicted molar refractivity (Wildman–Crippen MR) is 112 cm³/mol. The molecule has 3 aromatic carbocycles. The minimum atomic E-state index is -0.665. The summed E-state index contributed by atoms with van der Waals surface area (Å²) in [7, 11) is 0. The third-order valence-corrected chi connectivity index (χ3v) is 4.68. The highest BCUT2D eigenvalue weighted by atomic mass is 16.2. The van der Waals surface area contributed by atoms with Gasteiger partial charge in [0.2, 0.25) is 11.8 Å². The summed E-state index contributed by atoms with van der Waals surface area (Å²) in [6.45, 7) is 3.62. The van der Waals surface area contributed by atoms with E-state index in [0.717, 1.165) is 22.4 Å². The Kier molecular flexibility index (Phi) is 6.22. The van der Waals surface area contributed by atoms with Crippen molar-refractivity contribution in [1.82, 2.24) is 5.32 Å². The van der Waals surface area contributed by atoms with E-state index in [9.17, 15) is 9.59 Å². The number of rotatable bonds is 6. The maximum Gasteiger partial charge on any atom is 0.246 e. The molecule has 2 N–H and O–H groups in total. The Morgan fingerprint density at radius 1 is 0.714 bits per heavy atom. The molecule has 28 heavy (non-hydrogen) atoms. The average molecular weight is 372 g/mol. The summed E-state index contributed by atoms with van der Waals surface area (Å²) in [5, 5.41) is 5.75. The molecule has 4 heteroatoms. The normalized spacial score (nSPS) is 11.7. The van der Waals surface area contributed by atoms with Gasteiger partial charge >= 0.3 is 0 Å². The molecule has 0 bridgehead atoms. The number of hydrogen-bond acceptors (Lipinski definition) is 2. The zero-order valence-electron chi connectivity index (χ0n) is 16.1. The van der Waals surface area contributed by atoms with Gasteiger partial charge in [0.15, 0.2) is 0 Å². The molecule has 0 aliphatic heterocycles. The van der Waals surface area contributed by atoms with Crippen molar-refractivity contribution in [2.24, 2.45) is 0 Å². The van der Waals surface area contributed by atoms with Gasteiger partial charge in [-0.05, 0) is 36.6 Å². The first-order valence-electron chi connectivity index (χ1n) is 9.33. The summed E-state index contributed by atoms with van der Waals surface area (Å²) in [5.74, 6) is -0.927. The first-order chi connectivity index (χ1) is 13.6. The monoisotopic (exact) mass is 372 g/mol. The number of nitrogens with one attached hydrogen (secondary N) is 2. The van der Waals surface area contributed by atoms with Crippen LogP contribution in [0.25, 0.3) is 0 Å². The fourth-order valence-electron chi connectivity index (χ4n) is 3.10. The average Bonchev–Trinajstić information content (AvgIpc) is 2.71. The highest BCUT2D eigenvalue weighted by molar-refractivity contribution is 5.98. The van der Waals surface area contributed by atoms with Crippen molar-refractivity contribution in [2.45, 2.75) is 25.8 Å². The number of amides is 2. The van der Waals surface area contributed by atoms with Gasteiger partial charge in [-0.1, -0.05) is 78.9 Å². The molecule has 0 aromatic heterocycles. The molecule has 0 saturated carbocycles. The number of carbonyl (C=O) groups is 2. The summed E-state index contributed by atoms with van der Waals surface area (Å²) in [5.41, 5.74) is 3.49. The lowest BCUT2D eigenvalue weighted by Crippen LogP contribution is -2.43. The first kappa shape index (κ1) is 19.4. The van der Waals surface area contributed by atoms with Crippen LogP contribution in [0.5, 0.6) is 0 Å². The van der Waals surface area contributed by atoms with Crippen LogP contribution in [0.3, 0.4) is 0 Å². The van der Waals surface area contributed by atoms with E-state index in [1.165, 1.54) is 0 Å². The van der Waals surface area contributed by atoms with Crippen LogP contribution in [0.2, 0.25) is 0 Å². The molecule has 0 aliphatic rings. The molecule has 1 unspecified atom stereocenters.